The third kappa shape index (κ3) is 3.24. The molecule has 1 heterocycles. The van der Waals surface area contributed by atoms with Crippen LogP contribution < -0.4 is 0 Å². The van der Waals surface area contributed by atoms with E-state index in [1.165, 1.54) is 65.6 Å². The number of benzene rings is 6. The molecule has 0 amide bonds. The molecule has 0 unspecified atom stereocenters. The second-order valence-electron chi connectivity index (χ2n) is 9.33. The summed E-state index contributed by atoms with van der Waals surface area (Å²) in [4.78, 5) is 0. The maximum absolute atomic E-state index is 2.43. The SMILES string of the molecule is CCn1c2ccc(-c3ccc4ccccc4c3)cc2c2cc(-c3ccc4ccccc4c3)ccc21. The normalized spacial score (nSPS) is 11.7. The molecular formula is C34H25N. The number of hydrogen-bond acceptors (Lipinski definition) is 0. The Bertz CT molecular complexity index is 1750. The van der Waals surface area contributed by atoms with Crippen LogP contribution in [0.2, 0.25) is 0 Å². The molecule has 166 valence electrons. The van der Waals surface area contributed by atoms with Crippen LogP contribution in [0.15, 0.2) is 121 Å². The first-order chi connectivity index (χ1) is 17.3. The molecule has 0 atom stereocenters. The minimum atomic E-state index is 0.949. The lowest BCUT2D eigenvalue weighted by Crippen LogP contribution is -1.92. The molecule has 1 nitrogen and oxygen atoms in total. The van der Waals surface area contributed by atoms with Crippen molar-refractivity contribution in [2.45, 2.75) is 13.5 Å². The molecule has 0 aliphatic rings. The van der Waals surface area contributed by atoms with Crippen molar-refractivity contribution in [1.29, 1.82) is 0 Å². The first kappa shape index (κ1) is 20.1. The van der Waals surface area contributed by atoms with E-state index in [1.807, 2.05) is 0 Å². The molecule has 0 N–H and O–H groups in total. The Labute approximate surface area is 204 Å². The van der Waals surface area contributed by atoms with E-state index in [2.05, 4.69) is 133 Å². The predicted molar refractivity (Wildman–Crippen MR) is 151 cm³/mol. The van der Waals surface area contributed by atoms with Crippen molar-refractivity contribution < 1.29 is 0 Å². The number of fused-ring (bicyclic) bond motifs is 5. The maximum Gasteiger partial charge on any atom is 0.0491 e. The summed E-state index contributed by atoms with van der Waals surface area (Å²) >= 11 is 0. The largest absolute Gasteiger partial charge is 0.341 e. The van der Waals surface area contributed by atoms with Gasteiger partial charge in [0.15, 0.2) is 0 Å². The van der Waals surface area contributed by atoms with Crippen LogP contribution in [0.3, 0.4) is 0 Å². The highest BCUT2D eigenvalue weighted by atomic mass is 15.0. The van der Waals surface area contributed by atoms with Gasteiger partial charge in [0, 0.05) is 28.4 Å². The average molecular weight is 448 g/mol. The maximum atomic E-state index is 2.43. The van der Waals surface area contributed by atoms with Crippen molar-refractivity contribution in [2.75, 3.05) is 0 Å². The molecule has 0 aliphatic carbocycles. The van der Waals surface area contributed by atoms with Gasteiger partial charge in [-0.15, -0.1) is 0 Å². The van der Waals surface area contributed by atoms with Crippen molar-refractivity contribution in [3.8, 4) is 22.3 Å². The third-order valence-electron chi connectivity index (χ3n) is 7.35. The van der Waals surface area contributed by atoms with Crippen LogP contribution in [-0.4, -0.2) is 4.57 Å². The fourth-order valence-corrected chi connectivity index (χ4v) is 5.54. The van der Waals surface area contributed by atoms with Gasteiger partial charge in [-0.05, 0) is 87.1 Å². The van der Waals surface area contributed by atoms with Crippen LogP contribution in [0, 0.1) is 0 Å². The van der Waals surface area contributed by atoms with Crippen LogP contribution in [-0.2, 0) is 6.54 Å². The number of nitrogens with zero attached hydrogens (tertiary/aromatic N) is 1. The molecule has 1 aromatic heterocycles. The van der Waals surface area contributed by atoms with Gasteiger partial charge in [0.1, 0.15) is 0 Å². The van der Waals surface area contributed by atoms with Gasteiger partial charge in [0.25, 0.3) is 0 Å². The monoisotopic (exact) mass is 447 g/mol. The van der Waals surface area contributed by atoms with Crippen molar-refractivity contribution >= 4 is 43.4 Å². The average Bonchev–Trinajstić information content (AvgIpc) is 3.24. The summed E-state index contributed by atoms with van der Waals surface area (Å²) in [5.41, 5.74) is 7.62. The van der Waals surface area contributed by atoms with Crippen LogP contribution in [0.1, 0.15) is 6.92 Å². The van der Waals surface area contributed by atoms with Crippen LogP contribution in [0.5, 0.6) is 0 Å². The zero-order valence-corrected chi connectivity index (χ0v) is 19.7. The zero-order chi connectivity index (χ0) is 23.4. The van der Waals surface area contributed by atoms with Gasteiger partial charge in [0.2, 0.25) is 0 Å². The number of aromatic nitrogens is 1. The van der Waals surface area contributed by atoms with Crippen LogP contribution in [0.25, 0.3) is 65.6 Å². The molecule has 1 heteroatoms. The fraction of sp³-hybridized carbons (Fsp3) is 0.0588. The molecule has 35 heavy (non-hydrogen) atoms. The Morgan fingerprint density at radius 3 is 1.29 bits per heavy atom. The van der Waals surface area contributed by atoms with Crippen LogP contribution >= 0.6 is 0 Å². The highest BCUT2D eigenvalue weighted by molar-refractivity contribution is 6.11. The Morgan fingerprint density at radius 2 is 0.829 bits per heavy atom. The highest BCUT2D eigenvalue weighted by Crippen LogP contribution is 2.36. The van der Waals surface area contributed by atoms with Gasteiger partial charge in [-0.3, -0.25) is 0 Å². The summed E-state index contributed by atoms with van der Waals surface area (Å²) in [6.45, 7) is 3.18. The van der Waals surface area contributed by atoms with Gasteiger partial charge < -0.3 is 4.57 Å². The van der Waals surface area contributed by atoms with Crippen molar-refractivity contribution in [1.82, 2.24) is 4.57 Å². The Kier molecular flexibility index (Phi) is 4.50. The highest BCUT2D eigenvalue weighted by Gasteiger charge is 2.13. The van der Waals surface area contributed by atoms with E-state index in [4.69, 9.17) is 0 Å². The van der Waals surface area contributed by atoms with E-state index in [0.29, 0.717) is 0 Å². The van der Waals surface area contributed by atoms with E-state index >= 15 is 0 Å². The Balaban J connectivity index is 1.43. The molecule has 7 aromatic rings. The number of rotatable bonds is 3. The minimum Gasteiger partial charge on any atom is -0.341 e. The second-order valence-corrected chi connectivity index (χ2v) is 9.33. The van der Waals surface area contributed by atoms with Gasteiger partial charge in [0.05, 0.1) is 0 Å². The summed E-state index contributed by atoms with van der Waals surface area (Å²) in [5, 5.41) is 7.74. The van der Waals surface area contributed by atoms with E-state index in [9.17, 15) is 0 Å². The summed E-state index contributed by atoms with van der Waals surface area (Å²) in [7, 11) is 0. The quantitative estimate of drug-likeness (QED) is 0.254. The molecule has 0 spiro atoms. The van der Waals surface area contributed by atoms with Gasteiger partial charge in [-0.2, -0.15) is 0 Å². The lowest BCUT2D eigenvalue weighted by atomic mass is 9.98. The zero-order valence-electron chi connectivity index (χ0n) is 19.7. The van der Waals surface area contributed by atoms with E-state index < -0.39 is 0 Å². The topological polar surface area (TPSA) is 4.93 Å². The molecule has 6 aromatic carbocycles. The molecule has 0 saturated carbocycles. The summed E-state index contributed by atoms with van der Waals surface area (Å²) < 4.78 is 2.43. The Morgan fingerprint density at radius 1 is 0.429 bits per heavy atom. The second kappa shape index (κ2) is 7.85. The third-order valence-corrected chi connectivity index (χ3v) is 7.35. The van der Waals surface area contributed by atoms with E-state index in [-0.39, 0.29) is 0 Å². The molecular weight excluding hydrogens is 422 g/mol. The lowest BCUT2D eigenvalue weighted by molar-refractivity contribution is 0.827. The van der Waals surface area contributed by atoms with Gasteiger partial charge in [-0.1, -0.05) is 84.9 Å². The molecule has 7 rings (SSSR count). The number of hydrogen-bond donors (Lipinski definition) is 0. The first-order valence-electron chi connectivity index (χ1n) is 12.3. The summed E-state index contributed by atoms with van der Waals surface area (Å²) in [6.07, 6.45) is 0. The summed E-state index contributed by atoms with van der Waals surface area (Å²) in [6, 6.07) is 44.5. The molecule has 0 bridgehead atoms. The molecule has 0 radical (unpaired) electrons. The van der Waals surface area contributed by atoms with Crippen molar-refractivity contribution in [3.63, 3.8) is 0 Å². The Hall–Kier alpha value is -4.36. The van der Waals surface area contributed by atoms with Crippen LogP contribution in [0.4, 0.5) is 0 Å². The molecule has 0 fully saturated rings. The minimum absolute atomic E-state index is 0.949. The first-order valence-corrected chi connectivity index (χ1v) is 12.3. The predicted octanol–water partition coefficient (Wildman–Crippen LogP) is 9.45. The summed E-state index contributed by atoms with van der Waals surface area (Å²) in [5.74, 6) is 0. The number of aryl methyl sites for hydroxylation is 1. The van der Waals surface area contributed by atoms with Gasteiger partial charge in [-0.25, -0.2) is 0 Å². The standard InChI is InChI=1S/C34H25N/c1-2-35-33-17-15-29(27-13-11-23-7-3-5-9-25(23)19-27)21-31(33)32-22-30(16-18-34(32)35)28-14-12-24-8-4-6-10-26(24)20-28/h3-22H,2H2,1H3. The van der Waals surface area contributed by atoms with E-state index in [1.54, 1.807) is 0 Å². The molecule has 0 saturated heterocycles. The smallest absolute Gasteiger partial charge is 0.0491 e. The van der Waals surface area contributed by atoms with Gasteiger partial charge >= 0.3 is 0 Å². The van der Waals surface area contributed by atoms with Crippen molar-refractivity contribution in [3.05, 3.63) is 121 Å². The fourth-order valence-electron chi connectivity index (χ4n) is 5.54. The van der Waals surface area contributed by atoms with E-state index in [0.717, 1.165) is 6.54 Å². The molecule has 0 aliphatic heterocycles. The lowest BCUT2D eigenvalue weighted by Gasteiger charge is -2.06. The van der Waals surface area contributed by atoms with Crippen molar-refractivity contribution in [2.24, 2.45) is 0 Å².